The molecular weight excluding hydrogens is 311 g/mol. The Kier molecular flexibility index (Phi) is 4.12. The lowest BCUT2D eigenvalue weighted by atomic mass is 10.1. The van der Waals surface area contributed by atoms with Gasteiger partial charge in [-0.3, -0.25) is 4.79 Å². The number of amides is 1. The second kappa shape index (κ2) is 6.23. The van der Waals surface area contributed by atoms with Gasteiger partial charge in [0.2, 0.25) is 0 Å². The number of fused-ring (bicyclic) bond motifs is 1. The molecule has 1 amide bonds. The van der Waals surface area contributed by atoms with Gasteiger partial charge in [-0.15, -0.1) is 0 Å². The van der Waals surface area contributed by atoms with E-state index in [4.69, 9.17) is 9.47 Å². The molecule has 0 unspecified atom stereocenters. The minimum absolute atomic E-state index is 0.326. The summed E-state index contributed by atoms with van der Waals surface area (Å²) in [7, 11) is 3.07. The lowest BCUT2D eigenvalue weighted by molar-refractivity contribution is 0.102. The van der Waals surface area contributed by atoms with Crippen LogP contribution in [-0.4, -0.2) is 25.1 Å². The molecule has 0 radical (unpaired) electrons. The van der Waals surface area contributed by atoms with Gasteiger partial charge in [-0.05, 0) is 42.8 Å². The number of H-pyrrole nitrogens is 1. The van der Waals surface area contributed by atoms with Crippen molar-refractivity contribution in [3.05, 3.63) is 53.5 Å². The number of halogens is 1. The van der Waals surface area contributed by atoms with E-state index in [0.29, 0.717) is 39.3 Å². The van der Waals surface area contributed by atoms with Gasteiger partial charge in [-0.1, -0.05) is 0 Å². The van der Waals surface area contributed by atoms with Gasteiger partial charge >= 0.3 is 0 Å². The van der Waals surface area contributed by atoms with Gasteiger partial charge in [0.1, 0.15) is 23.0 Å². The van der Waals surface area contributed by atoms with E-state index >= 15 is 0 Å². The van der Waals surface area contributed by atoms with Gasteiger partial charge in [-0.25, -0.2) is 4.39 Å². The number of aromatic amines is 1. The number of hydrogen-bond donors (Lipinski definition) is 2. The Labute approximate surface area is 138 Å². The van der Waals surface area contributed by atoms with Crippen molar-refractivity contribution < 1.29 is 18.7 Å². The fourth-order valence-electron chi connectivity index (χ4n) is 2.61. The van der Waals surface area contributed by atoms with E-state index in [1.165, 1.54) is 19.2 Å². The van der Waals surface area contributed by atoms with Crippen LogP contribution >= 0.6 is 0 Å². The van der Waals surface area contributed by atoms with E-state index in [1.54, 1.807) is 38.3 Å². The molecule has 0 fully saturated rings. The zero-order chi connectivity index (χ0) is 17.3. The quantitative estimate of drug-likeness (QED) is 0.764. The normalized spacial score (nSPS) is 10.7. The van der Waals surface area contributed by atoms with Crippen molar-refractivity contribution in [2.45, 2.75) is 6.92 Å². The zero-order valence-corrected chi connectivity index (χ0v) is 13.6. The number of aromatic nitrogens is 1. The van der Waals surface area contributed by atoms with Crippen LogP contribution < -0.4 is 14.8 Å². The molecule has 0 aliphatic rings. The summed E-state index contributed by atoms with van der Waals surface area (Å²) in [5.41, 5.74) is 2.30. The van der Waals surface area contributed by atoms with Crippen molar-refractivity contribution >= 4 is 22.5 Å². The molecule has 124 valence electrons. The lowest BCUT2D eigenvalue weighted by Gasteiger charge is -2.11. The van der Waals surface area contributed by atoms with Crippen LogP contribution in [0.4, 0.5) is 10.1 Å². The summed E-state index contributed by atoms with van der Waals surface area (Å²) in [6, 6.07) is 9.49. The number of anilines is 1. The highest BCUT2D eigenvalue weighted by Crippen LogP contribution is 2.30. The van der Waals surface area contributed by atoms with E-state index in [1.807, 2.05) is 0 Å². The third-order valence-electron chi connectivity index (χ3n) is 3.90. The van der Waals surface area contributed by atoms with Crippen LogP contribution in [0.1, 0.15) is 16.1 Å². The van der Waals surface area contributed by atoms with E-state index in [2.05, 4.69) is 10.3 Å². The average Bonchev–Trinajstić information content (AvgIpc) is 2.91. The maximum Gasteiger partial charge on any atom is 0.272 e. The first kappa shape index (κ1) is 15.9. The predicted octanol–water partition coefficient (Wildman–Crippen LogP) is 3.88. The van der Waals surface area contributed by atoms with Gasteiger partial charge < -0.3 is 19.8 Å². The molecule has 3 rings (SSSR count). The van der Waals surface area contributed by atoms with Gasteiger partial charge in [0.05, 0.1) is 19.9 Å². The van der Waals surface area contributed by atoms with Crippen LogP contribution in [0.15, 0.2) is 36.4 Å². The number of nitrogens with one attached hydrogen (secondary N) is 2. The van der Waals surface area contributed by atoms with Crippen molar-refractivity contribution in [3.63, 3.8) is 0 Å². The Balaban J connectivity index is 1.94. The minimum Gasteiger partial charge on any atom is -0.497 e. The van der Waals surface area contributed by atoms with Crippen molar-refractivity contribution in [2.75, 3.05) is 19.5 Å². The van der Waals surface area contributed by atoms with Crippen LogP contribution in [-0.2, 0) is 0 Å². The van der Waals surface area contributed by atoms with Crippen molar-refractivity contribution in [1.29, 1.82) is 0 Å². The molecule has 1 aromatic heterocycles. The molecule has 0 spiro atoms. The summed E-state index contributed by atoms with van der Waals surface area (Å²) in [6.45, 7) is 1.78. The molecule has 1 heterocycles. The molecule has 2 aromatic carbocycles. The highest BCUT2D eigenvalue weighted by Gasteiger charge is 2.17. The van der Waals surface area contributed by atoms with Crippen LogP contribution in [0.3, 0.4) is 0 Å². The number of rotatable bonds is 4. The van der Waals surface area contributed by atoms with E-state index < -0.39 is 0 Å². The molecular formula is C18H17FN2O3. The molecule has 3 aromatic rings. The number of benzene rings is 2. The van der Waals surface area contributed by atoms with Crippen molar-refractivity contribution in [1.82, 2.24) is 4.98 Å². The van der Waals surface area contributed by atoms with Gasteiger partial charge in [0.25, 0.3) is 5.91 Å². The molecule has 0 saturated heterocycles. The van der Waals surface area contributed by atoms with Crippen molar-refractivity contribution in [2.24, 2.45) is 0 Å². The standard InChI is InChI=1S/C18H17FN2O3/c1-10-13-8-11(19)4-6-14(13)20-17(10)18(22)21-15-7-5-12(23-2)9-16(15)24-3/h4-9,20H,1-3H3,(H,21,22). The highest BCUT2D eigenvalue weighted by atomic mass is 19.1. The number of carbonyl (C=O) groups is 1. The second-order valence-corrected chi connectivity index (χ2v) is 5.34. The molecule has 0 aliphatic carbocycles. The average molecular weight is 328 g/mol. The monoisotopic (exact) mass is 328 g/mol. The minimum atomic E-state index is -0.339. The van der Waals surface area contributed by atoms with Gasteiger partial charge in [0, 0.05) is 17.0 Å². The van der Waals surface area contributed by atoms with Gasteiger partial charge in [-0.2, -0.15) is 0 Å². The largest absolute Gasteiger partial charge is 0.497 e. The first-order chi connectivity index (χ1) is 11.5. The summed E-state index contributed by atoms with van der Waals surface area (Å²) < 4.78 is 23.8. The number of hydrogen-bond acceptors (Lipinski definition) is 3. The Morgan fingerprint density at radius 1 is 1.12 bits per heavy atom. The highest BCUT2D eigenvalue weighted by molar-refractivity contribution is 6.08. The number of methoxy groups -OCH3 is 2. The molecule has 6 heteroatoms. The number of aryl methyl sites for hydroxylation is 1. The fourth-order valence-corrected chi connectivity index (χ4v) is 2.61. The van der Waals surface area contributed by atoms with Crippen molar-refractivity contribution in [3.8, 4) is 11.5 Å². The summed E-state index contributed by atoms with van der Waals surface area (Å²) in [4.78, 5) is 15.6. The Hall–Kier alpha value is -3.02. The zero-order valence-electron chi connectivity index (χ0n) is 13.6. The van der Waals surface area contributed by atoms with Crippen LogP contribution in [0.2, 0.25) is 0 Å². The number of ether oxygens (including phenoxy) is 2. The fraction of sp³-hybridized carbons (Fsp3) is 0.167. The molecule has 0 bridgehead atoms. The Bertz CT molecular complexity index is 918. The first-order valence-corrected chi connectivity index (χ1v) is 7.34. The van der Waals surface area contributed by atoms with E-state index in [0.717, 1.165) is 0 Å². The van der Waals surface area contributed by atoms with Crippen LogP contribution in [0.5, 0.6) is 11.5 Å². The molecule has 2 N–H and O–H groups in total. The third-order valence-corrected chi connectivity index (χ3v) is 3.90. The maximum atomic E-state index is 13.4. The number of carbonyl (C=O) groups excluding carboxylic acids is 1. The molecule has 0 saturated carbocycles. The third kappa shape index (κ3) is 2.78. The lowest BCUT2D eigenvalue weighted by Crippen LogP contribution is -2.14. The predicted molar refractivity (Wildman–Crippen MR) is 90.5 cm³/mol. The smallest absolute Gasteiger partial charge is 0.272 e. The second-order valence-electron chi connectivity index (χ2n) is 5.34. The van der Waals surface area contributed by atoms with E-state index in [9.17, 15) is 9.18 Å². The van der Waals surface area contributed by atoms with Gasteiger partial charge in [0.15, 0.2) is 0 Å². The van der Waals surface area contributed by atoms with E-state index in [-0.39, 0.29) is 11.7 Å². The molecule has 5 nitrogen and oxygen atoms in total. The Morgan fingerprint density at radius 3 is 2.62 bits per heavy atom. The summed E-state index contributed by atoms with van der Waals surface area (Å²) in [5, 5.41) is 3.48. The molecule has 0 atom stereocenters. The van der Waals surface area contributed by atoms with Crippen LogP contribution in [0.25, 0.3) is 10.9 Å². The maximum absolute atomic E-state index is 13.4. The summed E-state index contributed by atoms with van der Waals surface area (Å²) >= 11 is 0. The first-order valence-electron chi connectivity index (χ1n) is 7.34. The topological polar surface area (TPSA) is 63.3 Å². The molecule has 0 aliphatic heterocycles. The molecule has 24 heavy (non-hydrogen) atoms. The summed E-state index contributed by atoms with van der Waals surface area (Å²) in [6.07, 6.45) is 0. The Morgan fingerprint density at radius 2 is 1.92 bits per heavy atom. The van der Waals surface area contributed by atoms with Crippen LogP contribution in [0, 0.1) is 12.7 Å². The SMILES string of the molecule is COc1ccc(NC(=O)c2[nH]c3ccc(F)cc3c2C)c(OC)c1. The summed E-state index contributed by atoms with van der Waals surface area (Å²) in [5.74, 6) is 0.450.